The molecule has 0 heterocycles. The Labute approximate surface area is 98.8 Å². The van der Waals surface area contributed by atoms with Crippen molar-refractivity contribution in [1.82, 2.24) is 5.32 Å². The molecule has 1 aromatic carbocycles. The van der Waals surface area contributed by atoms with E-state index in [-0.39, 0.29) is 12.6 Å². The maximum absolute atomic E-state index is 10.6. The number of carbonyl (C=O) groups excluding carboxylic acids is 1. The summed E-state index contributed by atoms with van der Waals surface area (Å²) in [6.45, 7) is 1.77. The summed E-state index contributed by atoms with van der Waals surface area (Å²) in [6.07, 6.45) is 0. The Kier molecular flexibility index (Phi) is 4.47. The zero-order chi connectivity index (χ0) is 12.8. The van der Waals surface area contributed by atoms with Crippen LogP contribution in [-0.4, -0.2) is 23.7 Å². The van der Waals surface area contributed by atoms with Crippen molar-refractivity contribution in [1.29, 1.82) is 0 Å². The molecule has 1 aromatic rings. The molecular formula is C11H15N3O3. The fraction of sp³-hybridized carbons (Fsp3) is 0.273. The smallest absolute Gasteiger partial charge is 0.317 e. The predicted octanol–water partition coefficient (Wildman–Crippen LogP) is 0.912. The van der Waals surface area contributed by atoms with Crippen molar-refractivity contribution in [2.24, 2.45) is 5.73 Å². The molecule has 6 nitrogen and oxygen atoms in total. The van der Waals surface area contributed by atoms with Gasteiger partial charge in [0, 0.05) is 11.7 Å². The van der Waals surface area contributed by atoms with E-state index in [9.17, 15) is 9.59 Å². The Balaban J connectivity index is 2.60. The summed E-state index contributed by atoms with van der Waals surface area (Å²) in [6, 6.07) is 6.32. The minimum Gasteiger partial charge on any atom is -0.480 e. The Hall–Kier alpha value is -2.08. The molecule has 0 saturated heterocycles. The number of carbonyl (C=O) groups is 2. The number of amides is 2. The Morgan fingerprint density at radius 2 is 1.94 bits per heavy atom. The second kappa shape index (κ2) is 5.86. The van der Waals surface area contributed by atoms with Gasteiger partial charge in [0.15, 0.2) is 0 Å². The number of anilines is 1. The van der Waals surface area contributed by atoms with Gasteiger partial charge >= 0.3 is 12.0 Å². The first-order valence-electron chi connectivity index (χ1n) is 5.10. The first kappa shape index (κ1) is 13.0. The Morgan fingerprint density at radius 1 is 1.35 bits per heavy atom. The van der Waals surface area contributed by atoms with Crippen molar-refractivity contribution in [2.75, 3.05) is 11.9 Å². The van der Waals surface area contributed by atoms with Crippen LogP contribution in [0.1, 0.15) is 18.5 Å². The number of rotatable bonds is 5. The summed E-state index contributed by atoms with van der Waals surface area (Å²) in [7, 11) is 0. The number of carboxylic acid groups (broad SMARTS) is 1. The van der Waals surface area contributed by atoms with Gasteiger partial charge in [0.1, 0.15) is 0 Å². The van der Waals surface area contributed by atoms with E-state index in [0.29, 0.717) is 5.69 Å². The third-order valence-corrected chi connectivity index (χ3v) is 2.24. The van der Waals surface area contributed by atoms with Crippen molar-refractivity contribution in [3.63, 3.8) is 0 Å². The zero-order valence-electron chi connectivity index (χ0n) is 9.43. The third kappa shape index (κ3) is 4.52. The number of urea groups is 1. The van der Waals surface area contributed by atoms with Crippen LogP contribution >= 0.6 is 0 Å². The molecule has 0 aliphatic heterocycles. The fourth-order valence-corrected chi connectivity index (χ4v) is 1.36. The highest BCUT2D eigenvalue weighted by atomic mass is 16.4. The monoisotopic (exact) mass is 237 g/mol. The number of hydrogen-bond donors (Lipinski definition) is 4. The lowest BCUT2D eigenvalue weighted by molar-refractivity contribution is -0.136. The Morgan fingerprint density at radius 3 is 2.41 bits per heavy atom. The van der Waals surface area contributed by atoms with Gasteiger partial charge in [-0.25, -0.2) is 4.79 Å². The minimum absolute atomic E-state index is 0.0753. The molecule has 0 saturated carbocycles. The molecule has 0 bridgehead atoms. The second-order valence-corrected chi connectivity index (χ2v) is 3.61. The highest BCUT2D eigenvalue weighted by molar-refractivity contribution is 5.87. The van der Waals surface area contributed by atoms with E-state index in [1.807, 2.05) is 6.92 Å². The van der Waals surface area contributed by atoms with Crippen molar-refractivity contribution in [3.05, 3.63) is 29.8 Å². The minimum atomic E-state index is -0.899. The SMILES string of the molecule is CC(NCC(=O)O)c1ccc(NC(N)=O)cc1. The molecule has 0 aromatic heterocycles. The van der Waals surface area contributed by atoms with Gasteiger partial charge in [-0.2, -0.15) is 0 Å². The van der Waals surface area contributed by atoms with Crippen molar-refractivity contribution < 1.29 is 14.7 Å². The average Bonchev–Trinajstić information content (AvgIpc) is 2.26. The van der Waals surface area contributed by atoms with Gasteiger partial charge in [0.05, 0.1) is 6.54 Å². The molecule has 6 heteroatoms. The van der Waals surface area contributed by atoms with Crippen LogP contribution in [0.25, 0.3) is 0 Å². The molecular weight excluding hydrogens is 222 g/mol. The van der Waals surface area contributed by atoms with Crippen molar-refractivity contribution in [2.45, 2.75) is 13.0 Å². The zero-order valence-corrected chi connectivity index (χ0v) is 9.43. The van der Waals surface area contributed by atoms with Gasteiger partial charge in [-0.3, -0.25) is 4.79 Å². The largest absolute Gasteiger partial charge is 0.480 e. The van der Waals surface area contributed by atoms with Crippen molar-refractivity contribution in [3.8, 4) is 0 Å². The highest BCUT2D eigenvalue weighted by Crippen LogP contribution is 2.15. The van der Waals surface area contributed by atoms with Crippen LogP contribution in [0.4, 0.5) is 10.5 Å². The Bertz CT molecular complexity index is 403. The van der Waals surface area contributed by atoms with E-state index in [1.165, 1.54) is 0 Å². The van der Waals surface area contributed by atoms with Crippen LogP contribution in [0.5, 0.6) is 0 Å². The fourth-order valence-electron chi connectivity index (χ4n) is 1.36. The van der Waals surface area contributed by atoms with Gasteiger partial charge in [-0.05, 0) is 24.6 Å². The quantitative estimate of drug-likeness (QED) is 0.611. The van der Waals surface area contributed by atoms with Crippen LogP contribution in [0.2, 0.25) is 0 Å². The first-order valence-corrected chi connectivity index (χ1v) is 5.10. The number of aliphatic carboxylic acids is 1. The van der Waals surface area contributed by atoms with E-state index in [0.717, 1.165) is 5.56 Å². The summed E-state index contributed by atoms with van der Waals surface area (Å²) in [5.74, 6) is -0.899. The number of primary amides is 1. The summed E-state index contributed by atoms with van der Waals surface area (Å²) < 4.78 is 0. The van der Waals surface area contributed by atoms with Gasteiger partial charge in [0.2, 0.25) is 0 Å². The highest BCUT2D eigenvalue weighted by Gasteiger charge is 2.06. The molecule has 0 radical (unpaired) electrons. The second-order valence-electron chi connectivity index (χ2n) is 3.61. The molecule has 0 fully saturated rings. The molecule has 17 heavy (non-hydrogen) atoms. The summed E-state index contributed by atoms with van der Waals surface area (Å²) in [5, 5.41) is 13.8. The predicted molar refractivity (Wildman–Crippen MR) is 63.7 cm³/mol. The number of benzene rings is 1. The molecule has 0 aliphatic carbocycles. The standard InChI is InChI=1S/C11H15N3O3/c1-7(13-6-10(15)16)8-2-4-9(5-3-8)14-11(12)17/h2-5,7,13H,6H2,1H3,(H,15,16)(H3,12,14,17). The molecule has 0 spiro atoms. The number of nitrogens with two attached hydrogens (primary N) is 1. The molecule has 2 amide bonds. The average molecular weight is 237 g/mol. The van der Waals surface area contributed by atoms with Gasteiger partial charge in [-0.15, -0.1) is 0 Å². The lowest BCUT2D eigenvalue weighted by Gasteiger charge is -2.13. The first-order chi connectivity index (χ1) is 7.99. The third-order valence-electron chi connectivity index (χ3n) is 2.24. The maximum Gasteiger partial charge on any atom is 0.317 e. The summed E-state index contributed by atoms with van der Waals surface area (Å²) in [5.41, 5.74) is 6.51. The molecule has 0 aliphatic rings. The van der Waals surface area contributed by atoms with E-state index in [2.05, 4.69) is 10.6 Å². The molecule has 5 N–H and O–H groups in total. The van der Waals surface area contributed by atoms with Crippen LogP contribution < -0.4 is 16.4 Å². The topological polar surface area (TPSA) is 104 Å². The number of carboxylic acids is 1. The maximum atomic E-state index is 10.6. The van der Waals surface area contributed by atoms with Crippen molar-refractivity contribution >= 4 is 17.7 Å². The number of nitrogens with one attached hydrogen (secondary N) is 2. The normalized spacial score (nSPS) is 11.8. The van der Waals surface area contributed by atoms with E-state index in [1.54, 1.807) is 24.3 Å². The van der Waals surface area contributed by atoms with Gasteiger partial charge < -0.3 is 21.5 Å². The van der Waals surface area contributed by atoms with E-state index in [4.69, 9.17) is 10.8 Å². The summed E-state index contributed by atoms with van der Waals surface area (Å²) in [4.78, 5) is 21.0. The number of hydrogen-bond acceptors (Lipinski definition) is 3. The molecule has 1 rings (SSSR count). The molecule has 1 unspecified atom stereocenters. The van der Waals surface area contributed by atoms with Crippen LogP contribution in [0.15, 0.2) is 24.3 Å². The van der Waals surface area contributed by atoms with Crippen LogP contribution in [0, 0.1) is 0 Å². The van der Waals surface area contributed by atoms with Crippen LogP contribution in [-0.2, 0) is 4.79 Å². The molecule has 92 valence electrons. The summed E-state index contributed by atoms with van der Waals surface area (Å²) >= 11 is 0. The van der Waals surface area contributed by atoms with E-state index >= 15 is 0 Å². The lowest BCUT2D eigenvalue weighted by Crippen LogP contribution is -2.25. The lowest BCUT2D eigenvalue weighted by atomic mass is 10.1. The van der Waals surface area contributed by atoms with Crippen LogP contribution in [0.3, 0.4) is 0 Å². The van der Waals surface area contributed by atoms with Gasteiger partial charge in [0.25, 0.3) is 0 Å². The van der Waals surface area contributed by atoms with E-state index < -0.39 is 12.0 Å². The van der Waals surface area contributed by atoms with Gasteiger partial charge in [-0.1, -0.05) is 12.1 Å². The molecule has 1 atom stereocenters.